The van der Waals surface area contributed by atoms with Crippen LogP contribution in [0.3, 0.4) is 0 Å². The minimum absolute atomic E-state index is 0.131. The van der Waals surface area contributed by atoms with E-state index in [2.05, 4.69) is 4.98 Å². The zero-order valence-electron chi connectivity index (χ0n) is 9.78. The Morgan fingerprint density at radius 3 is 2.83 bits per heavy atom. The highest BCUT2D eigenvalue weighted by Gasteiger charge is 2.31. The number of rotatable bonds is 3. The third-order valence-electron chi connectivity index (χ3n) is 2.84. The number of carbonyl (C=O) groups excluding carboxylic acids is 1. The number of pyridine rings is 1. The number of aromatic nitrogens is 1. The van der Waals surface area contributed by atoms with Gasteiger partial charge < -0.3 is 10.0 Å². The fourth-order valence-corrected chi connectivity index (χ4v) is 2.92. The molecule has 0 spiro atoms. The summed E-state index contributed by atoms with van der Waals surface area (Å²) in [5.74, 6) is 0.211. The molecule has 96 valence electrons. The highest BCUT2D eigenvalue weighted by atomic mass is 32.2. The molecule has 1 aromatic heterocycles. The van der Waals surface area contributed by atoms with E-state index < -0.39 is 12.0 Å². The zero-order chi connectivity index (χ0) is 13.0. The topological polar surface area (TPSA) is 70.5 Å². The number of amides is 1. The van der Waals surface area contributed by atoms with E-state index in [1.807, 2.05) is 0 Å². The zero-order valence-corrected chi connectivity index (χ0v) is 10.6. The molecule has 1 N–H and O–H groups in total. The van der Waals surface area contributed by atoms with Crippen LogP contribution in [0.4, 0.5) is 0 Å². The molecule has 1 fully saturated rings. The van der Waals surface area contributed by atoms with E-state index >= 15 is 0 Å². The monoisotopic (exact) mass is 266 g/mol. The lowest BCUT2D eigenvalue weighted by atomic mass is 10.1. The lowest BCUT2D eigenvalue weighted by Gasteiger charge is -2.32. The molecule has 1 saturated heterocycles. The average Bonchev–Trinajstić information content (AvgIpc) is 2.40. The number of carbonyl (C=O) groups is 2. The van der Waals surface area contributed by atoms with E-state index in [1.54, 1.807) is 36.3 Å². The van der Waals surface area contributed by atoms with Crippen molar-refractivity contribution in [3.8, 4) is 0 Å². The number of aliphatic carboxylic acids is 1. The van der Waals surface area contributed by atoms with Gasteiger partial charge in [0.25, 0.3) is 0 Å². The Bertz CT molecular complexity index is 438. The van der Waals surface area contributed by atoms with E-state index in [0.29, 0.717) is 12.3 Å². The predicted octanol–water partition coefficient (Wildman–Crippen LogP) is 0.653. The highest BCUT2D eigenvalue weighted by molar-refractivity contribution is 7.99. The number of thioether (sulfide) groups is 1. The Kier molecular flexibility index (Phi) is 4.19. The third-order valence-corrected chi connectivity index (χ3v) is 3.86. The molecule has 1 aliphatic heterocycles. The lowest BCUT2D eigenvalue weighted by Crippen LogP contribution is -2.50. The summed E-state index contributed by atoms with van der Waals surface area (Å²) in [7, 11) is 0. The van der Waals surface area contributed by atoms with Crippen LogP contribution in [-0.4, -0.2) is 51.0 Å². The maximum Gasteiger partial charge on any atom is 0.327 e. The first kappa shape index (κ1) is 12.9. The van der Waals surface area contributed by atoms with Crippen LogP contribution >= 0.6 is 11.8 Å². The largest absolute Gasteiger partial charge is 0.480 e. The van der Waals surface area contributed by atoms with Gasteiger partial charge in [-0.2, -0.15) is 11.8 Å². The minimum Gasteiger partial charge on any atom is -0.480 e. The van der Waals surface area contributed by atoms with Gasteiger partial charge in [0, 0.05) is 30.4 Å². The van der Waals surface area contributed by atoms with Crippen molar-refractivity contribution in [2.75, 3.05) is 18.1 Å². The van der Waals surface area contributed by atoms with Crippen molar-refractivity contribution in [1.29, 1.82) is 0 Å². The Hall–Kier alpha value is -1.56. The Morgan fingerprint density at radius 1 is 1.44 bits per heavy atom. The molecule has 0 bridgehead atoms. The van der Waals surface area contributed by atoms with Gasteiger partial charge in [-0.15, -0.1) is 0 Å². The highest BCUT2D eigenvalue weighted by Crippen LogP contribution is 2.18. The van der Waals surface area contributed by atoms with Gasteiger partial charge in [-0.1, -0.05) is 0 Å². The molecular formula is C12H14N2O3S. The number of nitrogens with zero attached hydrogens (tertiary/aromatic N) is 2. The average molecular weight is 266 g/mol. The second-order valence-corrected chi connectivity index (χ2v) is 5.20. The van der Waals surface area contributed by atoms with E-state index in [4.69, 9.17) is 5.11 Å². The second-order valence-electron chi connectivity index (χ2n) is 4.05. The molecule has 2 rings (SSSR count). The molecule has 0 saturated carbocycles. The summed E-state index contributed by atoms with van der Waals surface area (Å²) in [6, 6.07) is 2.84. The summed E-state index contributed by atoms with van der Waals surface area (Å²) >= 11 is 1.57. The Morgan fingerprint density at radius 2 is 2.17 bits per heavy atom. The van der Waals surface area contributed by atoms with Gasteiger partial charge in [-0.25, -0.2) is 4.79 Å². The number of carboxylic acid groups (broad SMARTS) is 1. The van der Waals surface area contributed by atoms with E-state index in [0.717, 1.165) is 11.3 Å². The van der Waals surface area contributed by atoms with Crippen LogP contribution in [0.2, 0.25) is 0 Å². The van der Waals surface area contributed by atoms with Gasteiger partial charge >= 0.3 is 5.97 Å². The van der Waals surface area contributed by atoms with Crippen molar-refractivity contribution in [1.82, 2.24) is 9.88 Å². The number of carboxylic acids is 1. The summed E-state index contributed by atoms with van der Waals surface area (Å²) < 4.78 is 0. The summed E-state index contributed by atoms with van der Waals surface area (Å²) in [5, 5.41) is 9.11. The normalized spacial score (nSPS) is 19.6. The van der Waals surface area contributed by atoms with Crippen molar-refractivity contribution >= 4 is 23.6 Å². The van der Waals surface area contributed by atoms with Crippen molar-refractivity contribution < 1.29 is 14.7 Å². The van der Waals surface area contributed by atoms with Crippen LogP contribution in [-0.2, 0) is 16.0 Å². The van der Waals surface area contributed by atoms with Crippen LogP contribution in [0.1, 0.15) is 5.56 Å². The molecule has 1 atom stereocenters. The Labute approximate surface area is 109 Å². The summed E-state index contributed by atoms with van der Waals surface area (Å²) in [4.78, 5) is 28.6. The van der Waals surface area contributed by atoms with Crippen LogP contribution in [0.25, 0.3) is 0 Å². The number of hydrogen-bond donors (Lipinski definition) is 1. The molecule has 0 radical (unpaired) electrons. The van der Waals surface area contributed by atoms with Gasteiger partial charge in [0.1, 0.15) is 6.04 Å². The number of hydrogen-bond acceptors (Lipinski definition) is 4. The molecule has 18 heavy (non-hydrogen) atoms. The molecular weight excluding hydrogens is 252 g/mol. The molecule has 1 aromatic rings. The summed E-state index contributed by atoms with van der Waals surface area (Å²) in [6.45, 7) is 0.506. The SMILES string of the molecule is O=C(O)C1CSCCN1C(=O)Cc1ccncc1. The van der Waals surface area contributed by atoms with Crippen molar-refractivity contribution in [2.24, 2.45) is 0 Å². The van der Waals surface area contributed by atoms with E-state index in [1.165, 1.54) is 4.90 Å². The van der Waals surface area contributed by atoms with Gasteiger partial charge in [0.15, 0.2) is 0 Å². The van der Waals surface area contributed by atoms with Gasteiger partial charge in [0.05, 0.1) is 6.42 Å². The smallest absolute Gasteiger partial charge is 0.327 e. The summed E-state index contributed by atoms with van der Waals surface area (Å²) in [5.41, 5.74) is 0.859. The maximum absolute atomic E-state index is 12.1. The molecule has 1 aliphatic rings. The third kappa shape index (κ3) is 3.01. The van der Waals surface area contributed by atoms with Crippen LogP contribution < -0.4 is 0 Å². The van der Waals surface area contributed by atoms with Crippen LogP contribution in [0.5, 0.6) is 0 Å². The molecule has 2 heterocycles. The predicted molar refractivity (Wildman–Crippen MR) is 68.4 cm³/mol. The minimum atomic E-state index is -0.926. The first-order valence-electron chi connectivity index (χ1n) is 5.67. The van der Waals surface area contributed by atoms with Crippen LogP contribution in [0.15, 0.2) is 24.5 Å². The van der Waals surface area contributed by atoms with Gasteiger partial charge in [-0.3, -0.25) is 9.78 Å². The molecule has 0 aromatic carbocycles. The maximum atomic E-state index is 12.1. The summed E-state index contributed by atoms with van der Waals surface area (Å²) in [6.07, 6.45) is 3.49. The molecule has 5 nitrogen and oxygen atoms in total. The lowest BCUT2D eigenvalue weighted by molar-refractivity contribution is -0.148. The van der Waals surface area contributed by atoms with Crippen LogP contribution in [0, 0.1) is 0 Å². The first-order valence-corrected chi connectivity index (χ1v) is 6.83. The Balaban J connectivity index is 2.05. The molecule has 0 aliphatic carbocycles. The second kappa shape index (κ2) is 5.86. The quantitative estimate of drug-likeness (QED) is 0.870. The molecule has 1 unspecified atom stereocenters. The van der Waals surface area contributed by atoms with E-state index in [-0.39, 0.29) is 12.3 Å². The fourth-order valence-electron chi connectivity index (χ4n) is 1.88. The van der Waals surface area contributed by atoms with E-state index in [9.17, 15) is 9.59 Å². The standard InChI is InChI=1S/C12H14N2O3S/c15-11(7-9-1-3-13-4-2-9)14-5-6-18-8-10(14)12(16)17/h1-4,10H,5-8H2,(H,16,17). The molecule has 1 amide bonds. The fraction of sp³-hybridized carbons (Fsp3) is 0.417. The first-order chi connectivity index (χ1) is 8.68. The van der Waals surface area contributed by atoms with Gasteiger partial charge in [-0.05, 0) is 17.7 Å². The van der Waals surface area contributed by atoms with Crippen molar-refractivity contribution in [3.05, 3.63) is 30.1 Å². The van der Waals surface area contributed by atoms with Crippen molar-refractivity contribution in [2.45, 2.75) is 12.5 Å². The van der Waals surface area contributed by atoms with Crippen molar-refractivity contribution in [3.63, 3.8) is 0 Å². The van der Waals surface area contributed by atoms with Gasteiger partial charge in [0.2, 0.25) is 5.91 Å². The molecule has 6 heteroatoms.